The molecule has 0 aliphatic rings. The van der Waals surface area contributed by atoms with Gasteiger partial charge in [0.2, 0.25) is 0 Å². The van der Waals surface area contributed by atoms with Crippen molar-refractivity contribution < 1.29 is 9.90 Å². The summed E-state index contributed by atoms with van der Waals surface area (Å²) in [6.45, 7) is 8.06. The van der Waals surface area contributed by atoms with Gasteiger partial charge in [0.15, 0.2) is 0 Å². The summed E-state index contributed by atoms with van der Waals surface area (Å²) in [5, 5.41) is 10.3. The zero-order valence-electron chi connectivity index (χ0n) is 9.36. The maximum absolute atomic E-state index is 10.4. The number of aliphatic hydroxyl groups excluding tert-OH is 1. The number of thioether (sulfide) groups is 1. The Morgan fingerprint density at radius 1 is 1.50 bits per heavy atom. The van der Waals surface area contributed by atoms with Gasteiger partial charge in [0.25, 0.3) is 0 Å². The average Bonchev–Trinajstić information content (AvgIpc) is 2.12. The van der Waals surface area contributed by atoms with Crippen molar-refractivity contribution in [3.8, 4) is 0 Å². The van der Waals surface area contributed by atoms with Gasteiger partial charge in [-0.25, -0.2) is 0 Å². The molecule has 0 saturated carbocycles. The Morgan fingerprint density at radius 2 is 2.00 bits per heavy atom. The summed E-state index contributed by atoms with van der Waals surface area (Å²) >= 11 is 1.76. The maximum Gasteiger partial charge on any atom is 0.139 e. The topological polar surface area (TPSA) is 63.3 Å². The summed E-state index contributed by atoms with van der Waals surface area (Å²) in [7, 11) is 0. The minimum Gasteiger partial charge on any atom is -0.390 e. The van der Waals surface area contributed by atoms with Crippen LogP contribution in [0.25, 0.3) is 0 Å². The zero-order chi connectivity index (χ0) is 11.4. The first-order valence-corrected chi connectivity index (χ1v) is 5.86. The highest BCUT2D eigenvalue weighted by molar-refractivity contribution is 7.99. The summed E-state index contributed by atoms with van der Waals surface area (Å²) in [6.07, 6.45) is -0.168. The lowest BCUT2D eigenvalue weighted by atomic mass is 9.85. The van der Waals surface area contributed by atoms with E-state index in [1.54, 1.807) is 11.8 Å². The molecule has 0 aliphatic carbocycles. The van der Waals surface area contributed by atoms with E-state index in [1.165, 1.54) is 0 Å². The number of aldehydes is 1. The van der Waals surface area contributed by atoms with Gasteiger partial charge in [0, 0.05) is 11.2 Å². The molecule has 14 heavy (non-hydrogen) atoms. The quantitative estimate of drug-likeness (QED) is 0.655. The van der Waals surface area contributed by atoms with Gasteiger partial charge in [0.05, 0.1) is 12.1 Å². The van der Waals surface area contributed by atoms with Crippen LogP contribution < -0.4 is 5.73 Å². The first-order valence-electron chi connectivity index (χ1n) is 4.82. The average molecular weight is 219 g/mol. The third-order valence-corrected chi connectivity index (χ3v) is 3.69. The highest BCUT2D eigenvalue weighted by Crippen LogP contribution is 2.28. The molecule has 0 unspecified atom stereocenters. The van der Waals surface area contributed by atoms with Gasteiger partial charge in [0.1, 0.15) is 6.29 Å². The molecule has 0 aliphatic heterocycles. The molecule has 0 heterocycles. The van der Waals surface area contributed by atoms with Crippen LogP contribution in [-0.2, 0) is 4.79 Å². The summed E-state index contributed by atoms with van der Waals surface area (Å²) in [6, 6.07) is -0.780. The second kappa shape index (κ2) is 5.73. The van der Waals surface area contributed by atoms with E-state index in [9.17, 15) is 9.90 Å². The summed E-state index contributed by atoms with van der Waals surface area (Å²) in [5.41, 5.74) is 5.16. The fraction of sp³-hybridized carbons (Fsp3) is 0.900. The van der Waals surface area contributed by atoms with E-state index < -0.39 is 12.1 Å². The SMILES string of the molecule is CC(C)SCC(C)(C)[C@@H](O)[C@H](N)C=O. The van der Waals surface area contributed by atoms with E-state index >= 15 is 0 Å². The van der Waals surface area contributed by atoms with Crippen molar-refractivity contribution in [1.29, 1.82) is 0 Å². The van der Waals surface area contributed by atoms with Gasteiger partial charge >= 0.3 is 0 Å². The van der Waals surface area contributed by atoms with E-state index in [1.807, 2.05) is 13.8 Å². The molecule has 0 bridgehead atoms. The number of hydrogen-bond donors (Lipinski definition) is 2. The molecular weight excluding hydrogens is 198 g/mol. The van der Waals surface area contributed by atoms with Crippen LogP contribution in [-0.4, -0.2) is 34.5 Å². The number of carbonyl (C=O) groups is 1. The molecule has 0 amide bonds. The Hall–Kier alpha value is -0.0600. The highest BCUT2D eigenvalue weighted by Gasteiger charge is 2.32. The molecule has 3 nitrogen and oxygen atoms in total. The molecular formula is C10H21NO2S. The molecule has 3 N–H and O–H groups in total. The predicted molar refractivity (Wildman–Crippen MR) is 61.4 cm³/mol. The van der Waals surface area contributed by atoms with E-state index in [4.69, 9.17) is 5.73 Å². The van der Waals surface area contributed by atoms with Crippen molar-refractivity contribution in [2.45, 2.75) is 45.1 Å². The van der Waals surface area contributed by atoms with E-state index in [-0.39, 0.29) is 5.41 Å². The fourth-order valence-electron chi connectivity index (χ4n) is 1.06. The van der Waals surface area contributed by atoms with Crippen molar-refractivity contribution in [3.63, 3.8) is 0 Å². The van der Waals surface area contributed by atoms with Gasteiger partial charge < -0.3 is 15.6 Å². The van der Waals surface area contributed by atoms with Crippen molar-refractivity contribution in [2.75, 3.05) is 5.75 Å². The number of aliphatic hydroxyl groups is 1. The third-order valence-electron chi connectivity index (χ3n) is 2.11. The summed E-state index contributed by atoms with van der Waals surface area (Å²) < 4.78 is 0. The van der Waals surface area contributed by atoms with Crippen LogP contribution in [0.5, 0.6) is 0 Å². The lowest BCUT2D eigenvalue weighted by Crippen LogP contribution is -2.47. The van der Waals surface area contributed by atoms with E-state index in [0.717, 1.165) is 5.75 Å². The molecule has 0 aromatic heterocycles. The Bertz CT molecular complexity index is 183. The van der Waals surface area contributed by atoms with Crippen molar-refractivity contribution in [3.05, 3.63) is 0 Å². The van der Waals surface area contributed by atoms with Crippen LogP contribution in [0.3, 0.4) is 0 Å². The third kappa shape index (κ3) is 4.44. The number of hydrogen-bond acceptors (Lipinski definition) is 4. The monoisotopic (exact) mass is 219 g/mol. The fourth-order valence-corrected chi connectivity index (χ4v) is 2.00. The van der Waals surface area contributed by atoms with Crippen LogP contribution in [0.2, 0.25) is 0 Å². The van der Waals surface area contributed by atoms with Gasteiger partial charge in [-0.1, -0.05) is 27.7 Å². The molecule has 0 saturated heterocycles. The Balaban J connectivity index is 4.21. The second-order valence-electron chi connectivity index (χ2n) is 4.51. The van der Waals surface area contributed by atoms with Crippen LogP contribution in [0.4, 0.5) is 0 Å². The molecule has 0 spiro atoms. The normalized spacial score (nSPS) is 16.8. The number of rotatable bonds is 6. The minimum absolute atomic E-state index is 0.324. The van der Waals surface area contributed by atoms with Gasteiger partial charge in [-0.05, 0) is 5.25 Å². The first kappa shape index (κ1) is 13.9. The molecule has 0 radical (unpaired) electrons. The van der Waals surface area contributed by atoms with Crippen LogP contribution in [0, 0.1) is 5.41 Å². The van der Waals surface area contributed by atoms with Crippen LogP contribution in [0.1, 0.15) is 27.7 Å². The summed E-state index contributed by atoms with van der Waals surface area (Å²) in [5.74, 6) is 0.799. The molecule has 0 fully saturated rings. The smallest absolute Gasteiger partial charge is 0.139 e. The maximum atomic E-state index is 10.4. The Morgan fingerprint density at radius 3 is 2.36 bits per heavy atom. The highest BCUT2D eigenvalue weighted by atomic mass is 32.2. The molecule has 0 aromatic carbocycles. The number of nitrogens with two attached hydrogens (primary N) is 1. The molecule has 84 valence electrons. The Kier molecular flexibility index (Phi) is 5.71. The molecule has 0 aromatic rings. The summed E-state index contributed by atoms with van der Waals surface area (Å²) in [4.78, 5) is 10.4. The lowest BCUT2D eigenvalue weighted by molar-refractivity contribution is -0.112. The molecule has 0 rings (SSSR count). The van der Waals surface area contributed by atoms with Crippen LogP contribution >= 0.6 is 11.8 Å². The van der Waals surface area contributed by atoms with Crippen molar-refractivity contribution in [2.24, 2.45) is 11.1 Å². The van der Waals surface area contributed by atoms with Crippen molar-refractivity contribution in [1.82, 2.24) is 0 Å². The Labute approximate surface area is 90.4 Å². The largest absolute Gasteiger partial charge is 0.390 e. The van der Waals surface area contributed by atoms with Crippen LogP contribution in [0.15, 0.2) is 0 Å². The second-order valence-corrected chi connectivity index (χ2v) is 6.07. The number of carbonyl (C=O) groups excluding carboxylic acids is 1. The van der Waals surface area contributed by atoms with Gasteiger partial charge in [-0.3, -0.25) is 0 Å². The minimum atomic E-state index is -0.780. The lowest BCUT2D eigenvalue weighted by Gasteiger charge is -2.32. The predicted octanol–water partition coefficient (Wildman–Crippen LogP) is 1.04. The van der Waals surface area contributed by atoms with Gasteiger partial charge in [-0.15, -0.1) is 0 Å². The molecule has 4 heteroatoms. The van der Waals surface area contributed by atoms with Gasteiger partial charge in [-0.2, -0.15) is 11.8 Å². The standard InChI is InChI=1S/C10H21NO2S/c1-7(2)14-6-10(3,4)9(13)8(11)5-12/h5,7-9,13H,6,11H2,1-4H3/t8-,9+/m1/s1. The van der Waals surface area contributed by atoms with E-state index in [0.29, 0.717) is 11.5 Å². The molecule has 2 atom stereocenters. The zero-order valence-corrected chi connectivity index (χ0v) is 10.2. The first-order chi connectivity index (χ1) is 6.31. The van der Waals surface area contributed by atoms with Crippen molar-refractivity contribution >= 4 is 18.0 Å². The van der Waals surface area contributed by atoms with E-state index in [2.05, 4.69) is 13.8 Å².